The van der Waals surface area contributed by atoms with E-state index in [1.54, 1.807) is 0 Å². The number of rotatable bonds is 8. The Kier molecular flexibility index (Phi) is 7.61. The van der Waals surface area contributed by atoms with E-state index < -0.39 is 0 Å². The second kappa shape index (κ2) is 9.23. The minimum atomic E-state index is -0.259. The second-order valence-corrected chi connectivity index (χ2v) is 5.30. The lowest BCUT2D eigenvalue weighted by atomic mass is 10.1. The van der Waals surface area contributed by atoms with Crippen LogP contribution in [0, 0.1) is 12.8 Å². The molecule has 3 N–H and O–H groups in total. The number of carbonyl (C=O) groups excluding carboxylic acids is 1. The Morgan fingerprint density at radius 2 is 2.19 bits per heavy atom. The van der Waals surface area contributed by atoms with Gasteiger partial charge in [0, 0.05) is 13.2 Å². The van der Waals surface area contributed by atoms with Crippen LogP contribution in [-0.2, 0) is 0 Å². The molecule has 0 saturated heterocycles. The molecule has 1 unspecified atom stereocenters. The lowest BCUT2D eigenvalue weighted by Gasteiger charge is -2.15. The van der Waals surface area contributed by atoms with E-state index in [0.717, 1.165) is 12.0 Å². The van der Waals surface area contributed by atoms with Gasteiger partial charge in [0.15, 0.2) is 0 Å². The standard InChI is InChI=1S/C16H26N2O3/c1-4-9-21-15-10-12(2)5-6-14(15)18-16(20)17-11-13(3)7-8-19/h5-6,10,13,19H,4,7-9,11H2,1-3H3,(H2,17,18,20). The van der Waals surface area contributed by atoms with Crippen LogP contribution in [0.3, 0.4) is 0 Å². The maximum Gasteiger partial charge on any atom is 0.319 e. The van der Waals surface area contributed by atoms with Gasteiger partial charge in [-0.3, -0.25) is 0 Å². The van der Waals surface area contributed by atoms with Gasteiger partial charge in [0.2, 0.25) is 0 Å². The highest BCUT2D eigenvalue weighted by atomic mass is 16.5. The average molecular weight is 294 g/mol. The van der Waals surface area contributed by atoms with Crippen LogP contribution in [0.1, 0.15) is 32.3 Å². The SMILES string of the molecule is CCCOc1cc(C)ccc1NC(=O)NCC(C)CCO. The molecule has 0 bridgehead atoms. The Morgan fingerprint density at radius 3 is 2.86 bits per heavy atom. The molecule has 0 fully saturated rings. The fourth-order valence-electron chi connectivity index (χ4n) is 1.82. The van der Waals surface area contributed by atoms with Gasteiger partial charge in [-0.2, -0.15) is 0 Å². The molecule has 0 spiro atoms. The molecule has 2 amide bonds. The number of amides is 2. The number of urea groups is 1. The highest BCUT2D eigenvalue weighted by molar-refractivity contribution is 5.90. The topological polar surface area (TPSA) is 70.6 Å². The summed E-state index contributed by atoms with van der Waals surface area (Å²) in [5.74, 6) is 0.935. The molecular weight excluding hydrogens is 268 g/mol. The Labute approximate surface area is 126 Å². The van der Waals surface area contributed by atoms with Crippen molar-refractivity contribution in [2.24, 2.45) is 5.92 Å². The Hall–Kier alpha value is -1.75. The first kappa shape index (κ1) is 17.3. The fraction of sp³-hybridized carbons (Fsp3) is 0.562. The normalized spacial score (nSPS) is 11.8. The number of anilines is 1. The first-order valence-electron chi connectivity index (χ1n) is 7.46. The third-order valence-electron chi connectivity index (χ3n) is 3.08. The number of benzene rings is 1. The van der Waals surface area contributed by atoms with Gasteiger partial charge in [-0.15, -0.1) is 0 Å². The molecule has 1 atom stereocenters. The summed E-state index contributed by atoms with van der Waals surface area (Å²) in [4.78, 5) is 11.9. The van der Waals surface area contributed by atoms with E-state index in [-0.39, 0.29) is 18.6 Å². The Bertz CT molecular complexity index is 449. The fourth-order valence-corrected chi connectivity index (χ4v) is 1.82. The third kappa shape index (κ3) is 6.49. The summed E-state index contributed by atoms with van der Waals surface area (Å²) in [5.41, 5.74) is 1.75. The highest BCUT2D eigenvalue weighted by Crippen LogP contribution is 2.25. The Morgan fingerprint density at radius 1 is 1.43 bits per heavy atom. The van der Waals surface area contributed by atoms with Gasteiger partial charge in [0.1, 0.15) is 5.75 Å². The molecule has 5 nitrogen and oxygen atoms in total. The van der Waals surface area contributed by atoms with E-state index in [0.29, 0.717) is 31.0 Å². The van der Waals surface area contributed by atoms with Crippen LogP contribution in [0.15, 0.2) is 18.2 Å². The molecule has 1 aromatic rings. The van der Waals surface area contributed by atoms with Gasteiger partial charge < -0.3 is 20.5 Å². The minimum absolute atomic E-state index is 0.136. The van der Waals surface area contributed by atoms with E-state index in [4.69, 9.17) is 9.84 Å². The zero-order chi connectivity index (χ0) is 15.7. The van der Waals surface area contributed by atoms with Crippen molar-refractivity contribution in [3.63, 3.8) is 0 Å². The van der Waals surface area contributed by atoms with Gasteiger partial charge in [-0.1, -0.05) is 19.9 Å². The molecule has 0 heterocycles. The summed E-state index contributed by atoms with van der Waals surface area (Å²) in [7, 11) is 0. The van der Waals surface area contributed by atoms with Crippen LogP contribution in [0.2, 0.25) is 0 Å². The largest absolute Gasteiger partial charge is 0.491 e. The first-order valence-corrected chi connectivity index (χ1v) is 7.46. The van der Waals surface area contributed by atoms with E-state index in [9.17, 15) is 4.79 Å². The predicted octanol–water partition coefficient (Wildman–Crippen LogP) is 2.92. The number of aryl methyl sites for hydroxylation is 1. The maximum atomic E-state index is 11.9. The van der Waals surface area contributed by atoms with Crippen molar-refractivity contribution in [3.05, 3.63) is 23.8 Å². The molecule has 5 heteroatoms. The smallest absolute Gasteiger partial charge is 0.319 e. The van der Waals surface area contributed by atoms with Crippen LogP contribution in [0.25, 0.3) is 0 Å². The van der Waals surface area contributed by atoms with Crippen LogP contribution >= 0.6 is 0 Å². The summed E-state index contributed by atoms with van der Waals surface area (Å²) >= 11 is 0. The van der Waals surface area contributed by atoms with Gasteiger partial charge in [0.25, 0.3) is 0 Å². The number of hydrogen-bond acceptors (Lipinski definition) is 3. The number of hydrogen-bond donors (Lipinski definition) is 3. The van der Waals surface area contributed by atoms with Crippen molar-refractivity contribution < 1.29 is 14.6 Å². The number of aliphatic hydroxyl groups is 1. The van der Waals surface area contributed by atoms with Gasteiger partial charge >= 0.3 is 6.03 Å². The predicted molar refractivity (Wildman–Crippen MR) is 84.9 cm³/mol. The van der Waals surface area contributed by atoms with Crippen LogP contribution in [-0.4, -0.2) is 30.9 Å². The molecule has 0 aliphatic heterocycles. The van der Waals surface area contributed by atoms with Crippen LogP contribution < -0.4 is 15.4 Å². The minimum Gasteiger partial charge on any atom is -0.491 e. The van der Waals surface area contributed by atoms with Crippen LogP contribution in [0.5, 0.6) is 5.75 Å². The molecule has 118 valence electrons. The number of aliphatic hydroxyl groups excluding tert-OH is 1. The third-order valence-corrected chi connectivity index (χ3v) is 3.08. The van der Waals surface area contributed by atoms with Crippen molar-refractivity contribution in [3.8, 4) is 5.75 Å². The lowest BCUT2D eigenvalue weighted by molar-refractivity contribution is 0.243. The maximum absolute atomic E-state index is 11.9. The summed E-state index contributed by atoms with van der Waals surface area (Å²) in [6, 6.07) is 5.43. The van der Waals surface area contributed by atoms with Crippen molar-refractivity contribution in [1.29, 1.82) is 0 Å². The molecule has 0 aliphatic rings. The average Bonchev–Trinajstić information content (AvgIpc) is 2.45. The van der Waals surface area contributed by atoms with Crippen LogP contribution in [0.4, 0.5) is 10.5 Å². The zero-order valence-electron chi connectivity index (χ0n) is 13.1. The Balaban J connectivity index is 2.58. The monoisotopic (exact) mass is 294 g/mol. The van der Waals surface area contributed by atoms with Crippen molar-refractivity contribution in [2.45, 2.75) is 33.6 Å². The summed E-state index contributed by atoms with van der Waals surface area (Å²) < 4.78 is 5.66. The molecule has 0 aliphatic carbocycles. The van der Waals surface area contributed by atoms with Crippen molar-refractivity contribution in [2.75, 3.05) is 25.1 Å². The molecule has 1 aromatic carbocycles. The summed E-state index contributed by atoms with van der Waals surface area (Å²) in [6.45, 7) is 7.30. The van der Waals surface area contributed by atoms with E-state index >= 15 is 0 Å². The molecule has 21 heavy (non-hydrogen) atoms. The molecular formula is C16H26N2O3. The molecule has 0 saturated carbocycles. The number of carbonyl (C=O) groups is 1. The van der Waals surface area contributed by atoms with Gasteiger partial charge in [-0.25, -0.2) is 4.79 Å². The summed E-state index contributed by atoms with van der Waals surface area (Å²) in [6.07, 6.45) is 1.59. The van der Waals surface area contributed by atoms with Gasteiger partial charge in [0.05, 0.1) is 12.3 Å². The number of nitrogens with one attached hydrogen (secondary N) is 2. The lowest BCUT2D eigenvalue weighted by Crippen LogP contribution is -2.32. The summed E-state index contributed by atoms with van der Waals surface area (Å²) in [5, 5.41) is 14.4. The highest BCUT2D eigenvalue weighted by Gasteiger charge is 2.09. The van der Waals surface area contributed by atoms with Crippen molar-refractivity contribution >= 4 is 11.7 Å². The van der Waals surface area contributed by atoms with E-state index in [2.05, 4.69) is 10.6 Å². The quantitative estimate of drug-likeness (QED) is 0.690. The molecule has 0 aromatic heterocycles. The van der Waals surface area contributed by atoms with E-state index in [1.807, 2.05) is 39.0 Å². The van der Waals surface area contributed by atoms with Gasteiger partial charge in [-0.05, 0) is 43.4 Å². The zero-order valence-corrected chi connectivity index (χ0v) is 13.1. The van der Waals surface area contributed by atoms with E-state index in [1.165, 1.54) is 0 Å². The molecule has 0 radical (unpaired) electrons. The first-order chi connectivity index (χ1) is 10.1. The van der Waals surface area contributed by atoms with Crippen molar-refractivity contribution in [1.82, 2.24) is 5.32 Å². The molecule has 1 rings (SSSR count). The number of ether oxygens (including phenoxy) is 1. The second-order valence-electron chi connectivity index (χ2n) is 5.30.